The molecule has 1 amide bonds. The Labute approximate surface area is 268 Å². The van der Waals surface area contributed by atoms with Crippen LogP contribution in [0.3, 0.4) is 0 Å². The SMILES string of the molecule is CC(C)(C)OC(=O)c1ccc(N(Cc2ccccc2)C(=O)CNCc2ccc(Cl)cc2)cc1.Fc1c(F)c(F)c(S)c(F)c1F. The summed E-state index contributed by atoms with van der Waals surface area (Å²) < 4.78 is 66.7. The number of hydrogen-bond acceptors (Lipinski definition) is 5. The number of carbonyl (C=O) groups excluding carboxylic acids is 2. The minimum absolute atomic E-state index is 0.0714. The Morgan fingerprint density at radius 1 is 0.778 bits per heavy atom. The minimum Gasteiger partial charge on any atom is -0.456 e. The summed E-state index contributed by atoms with van der Waals surface area (Å²) in [6.45, 7) is 6.64. The number of hydrogen-bond donors (Lipinski definition) is 2. The summed E-state index contributed by atoms with van der Waals surface area (Å²) in [6.07, 6.45) is 0. The first kappa shape index (κ1) is 35.5. The fourth-order valence-corrected chi connectivity index (χ4v) is 4.13. The van der Waals surface area contributed by atoms with E-state index in [2.05, 4.69) is 17.9 Å². The number of esters is 1. The van der Waals surface area contributed by atoms with Crippen LogP contribution in [0.4, 0.5) is 27.6 Å². The van der Waals surface area contributed by atoms with Crippen molar-refractivity contribution in [2.75, 3.05) is 11.4 Å². The normalized spacial score (nSPS) is 11.0. The standard InChI is InChI=1S/C27H29ClN2O3.C6HF5S/c1-27(2,3)33-26(32)22-11-15-24(16-12-22)30(19-21-7-5-4-6-8-21)25(31)18-29-17-20-9-13-23(28)14-10-20;7-1-2(8)4(10)6(12)5(11)3(1)9/h4-16,29H,17-19H2,1-3H3;12H. The zero-order valence-corrected chi connectivity index (χ0v) is 26.2. The van der Waals surface area contributed by atoms with Gasteiger partial charge in [0.05, 0.1) is 23.5 Å². The van der Waals surface area contributed by atoms with Crippen molar-refractivity contribution >= 4 is 41.8 Å². The lowest BCUT2D eigenvalue weighted by Gasteiger charge is -2.24. The molecule has 45 heavy (non-hydrogen) atoms. The summed E-state index contributed by atoms with van der Waals surface area (Å²) in [6, 6.07) is 24.2. The molecule has 0 aliphatic carbocycles. The van der Waals surface area contributed by atoms with Gasteiger partial charge in [0.25, 0.3) is 0 Å². The van der Waals surface area contributed by atoms with E-state index < -0.39 is 39.6 Å². The Morgan fingerprint density at radius 2 is 1.31 bits per heavy atom. The first-order chi connectivity index (χ1) is 21.2. The van der Waals surface area contributed by atoms with Crippen LogP contribution in [-0.2, 0) is 22.6 Å². The third-order valence-corrected chi connectivity index (χ3v) is 6.65. The highest BCUT2D eigenvalue weighted by Crippen LogP contribution is 2.25. The van der Waals surface area contributed by atoms with Crippen LogP contribution in [0.1, 0.15) is 42.3 Å². The summed E-state index contributed by atoms with van der Waals surface area (Å²) >= 11 is 9.04. The summed E-state index contributed by atoms with van der Waals surface area (Å²) in [5, 5.41) is 3.88. The van der Waals surface area contributed by atoms with E-state index in [1.807, 2.05) is 75.4 Å². The number of rotatable bonds is 8. The lowest BCUT2D eigenvalue weighted by molar-refractivity contribution is -0.118. The number of carbonyl (C=O) groups is 2. The van der Waals surface area contributed by atoms with E-state index in [1.54, 1.807) is 29.2 Å². The van der Waals surface area contributed by atoms with Gasteiger partial charge in [-0.1, -0.05) is 54.1 Å². The van der Waals surface area contributed by atoms with Gasteiger partial charge in [-0.15, -0.1) is 12.6 Å². The highest BCUT2D eigenvalue weighted by molar-refractivity contribution is 7.80. The second-order valence-electron chi connectivity index (χ2n) is 10.7. The topological polar surface area (TPSA) is 58.6 Å². The van der Waals surface area contributed by atoms with Crippen LogP contribution >= 0.6 is 24.2 Å². The molecule has 5 nitrogen and oxygen atoms in total. The van der Waals surface area contributed by atoms with Gasteiger partial charge in [0.2, 0.25) is 11.7 Å². The molecule has 0 spiro atoms. The Bertz CT molecular complexity index is 1510. The van der Waals surface area contributed by atoms with Crippen molar-refractivity contribution in [1.82, 2.24) is 5.32 Å². The van der Waals surface area contributed by atoms with E-state index in [9.17, 15) is 31.5 Å². The van der Waals surface area contributed by atoms with E-state index in [0.29, 0.717) is 29.4 Å². The highest BCUT2D eigenvalue weighted by atomic mass is 35.5. The van der Waals surface area contributed by atoms with E-state index in [0.717, 1.165) is 11.1 Å². The number of amides is 1. The van der Waals surface area contributed by atoms with E-state index >= 15 is 0 Å². The number of anilines is 1. The molecule has 4 rings (SSSR count). The molecule has 0 saturated carbocycles. The van der Waals surface area contributed by atoms with Crippen LogP contribution in [0.2, 0.25) is 5.02 Å². The first-order valence-electron chi connectivity index (χ1n) is 13.5. The quantitative estimate of drug-likeness (QED) is 0.0655. The average molecular weight is 665 g/mol. The molecule has 1 N–H and O–H groups in total. The van der Waals surface area contributed by atoms with Crippen LogP contribution in [0.15, 0.2) is 83.8 Å². The molecule has 0 aliphatic rings. The van der Waals surface area contributed by atoms with Gasteiger partial charge in [0.15, 0.2) is 23.3 Å². The Morgan fingerprint density at radius 3 is 1.84 bits per heavy atom. The third kappa shape index (κ3) is 10.3. The molecule has 0 saturated heterocycles. The maximum atomic E-state index is 13.1. The fourth-order valence-electron chi connectivity index (χ4n) is 3.81. The highest BCUT2D eigenvalue weighted by Gasteiger charge is 2.23. The molecule has 0 heterocycles. The van der Waals surface area contributed by atoms with E-state index in [1.165, 1.54) is 0 Å². The molecular weight excluding hydrogens is 635 g/mol. The number of thiol groups is 1. The van der Waals surface area contributed by atoms with Crippen molar-refractivity contribution in [3.8, 4) is 0 Å². The average Bonchev–Trinajstić information content (AvgIpc) is 3.02. The van der Waals surface area contributed by atoms with Crippen LogP contribution < -0.4 is 10.2 Å². The van der Waals surface area contributed by atoms with Crippen molar-refractivity contribution in [2.45, 2.75) is 44.4 Å². The predicted molar refractivity (Wildman–Crippen MR) is 166 cm³/mol. The maximum Gasteiger partial charge on any atom is 0.338 e. The lowest BCUT2D eigenvalue weighted by Crippen LogP contribution is -2.37. The van der Waals surface area contributed by atoms with Crippen molar-refractivity contribution in [3.05, 3.63) is 130 Å². The number of nitrogens with one attached hydrogen (secondary N) is 1. The molecule has 0 aromatic heterocycles. The Balaban J connectivity index is 0.000000385. The molecule has 4 aromatic rings. The second-order valence-corrected chi connectivity index (χ2v) is 11.5. The first-order valence-corrected chi connectivity index (χ1v) is 14.3. The Kier molecular flexibility index (Phi) is 12.5. The summed E-state index contributed by atoms with van der Waals surface area (Å²) in [4.78, 5) is 26.0. The summed E-state index contributed by atoms with van der Waals surface area (Å²) in [5.74, 6) is -10.5. The second kappa shape index (κ2) is 15.9. The number of ether oxygens (including phenoxy) is 1. The van der Waals surface area contributed by atoms with Crippen molar-refractivity contribution in [3.63, 3.8) is 0 Å². The van der Waals surface area contributed by atoms with Crippen LogP contribution in [0.25, 0.3) is 0 Å². The maximum absolute atomic E-state index is 13.1. The lowest BCUT2D eigenvalue weighted by atomic mass is 10.1. The van der Waals surface area contributed by atoms with Gasteiger partial charge in [-0.2, -0.15) is 0 Å². The zero-order valence-electron chi connectivity index (χ0n) is 24.5. The van der Waals surface area contributed by atoms with Crippen LogP contribution in [0.5, 0.6) is 0 Å². The smallest absolute Gasteiger partial charge is 0.338 e. The van der Waals surface area contributed by atoms with Gasteiger partial charge < -0.3 is 15.0 Å². The fraction of sp³-hybridized carbons (Fsp3) is 0.212. The predicted octanol–water partition coefficient (Wildman–Crippen LogP) is 8.29. The molecule has 0 bridgehead atoms. The Hall–Kier alpha value is -3.93. The van der Waals surface area contributed by atoms with Crippen molar-refractivity contribution in [2.24, 2.45) is 0 Å². The van der Waals surface area contributed by atoms with Gasteiger partial charge in [-0.25, -0.2) is 26.7 Å². The third-order valence-electron chi connectivity index (χ3n) is 6.00. The monoisotopic (exact) mass is 664 g/mol. The molecule has 0 fully saturated rings. The van der Waals surface area contributed by atoms with Crippen LogP contribution in [-0.4, -0.2) is 24.0 Å². The summed E-state index contributed by atoms with van der Waals surface area (Å²) in [5.41, 5.74) is 2.65. The largest absolute Gasteiger partial charge is 0.456 e. The summed E-state index contributed by atoms with van der Waals surface area (Å²) in [7, 11) is 0. The number of halogens is 6. The number of nitrogens with zero attached hydrogens (tertiary/aromatic N) is 1. The van der Waals surface area contributed by atoms with Crippen molar-refractivity contribution < 1.29 is 36.3 Å². The van der Waals surface area contributed by atoms with E-state index in [-0.39, 0.29) is 18.4 Å². The molecule has 0 unspecified atom stereocenters. The minimum atomic E-state index is -2.18. The molecule has 12 heteroatoms. The molecule has 0 atom stereocenters. The van der Waals surface area contributed by atoms with Gasteiger partial charge in [0, 0.05) is 17.3 Å². The van der Waals surface area contributed by atoms with Crippen molar-refractivity contribution in [1.29, 1.82) is 0 Å². The molecule has 4 aromatic carbocycles. The van der Waals surface area contributed by atoms with Gasteiger partial charge in [0.1, 0.15) is 5.60 Å². The van der Waals surface area contributed by atoms with E-state index in [4.69, 9.17) is 16.3 Å². The molecule has 0 radical (unpaired) electrons. The van der Waals surface area contributed by atoms with Gasteiger partial charge in [-0.3, -0.25) is 4.79 Å². The molecular formula is C33H30ClF5N2O3S. The van der Waals surface area contributed by atoms with Crippen LogP contribution in [0, 0.1) is 29.1 Å². The number of benzene rings is 4. The molecule has 0 aliphatic heterocycles. The zero-order chi connectivity index (χ0) is 33.3. The van der Waals surface area contributed by atoms with Gasteiger partial charge >= 0.3 is 5.97 Å². The molecule has 238 valence electrons. The van der Waals surface area contributed by atoms with Gasteiger partial charge in [-0.05, 0) is 68.3 Å².